The second-order valence-electron chi connectivity index (χ2n) is 9.73. The molecule has 3 aromatic carbocycles. The Labute approximate surface area is 222 Å². The molecule has 3 aromatic rings. The Morgan fingerprint density at radius 1 is 0.921 bits per heavy atom. The lowest BCUT2D eigenvalue weighted by Gasteiger charge is -2.43. The lowest BCUT2D eigenvalue weighted by molar-refractivity contribution is -0.137. The molecule has 3 amide bonds. The van der Waals surface area contributed by atoms with Crippen LogP contribution in [0.1, 0.15) is 28.8 Å². The van der Waals surface area contributed by atoms with Gasteiger partial charge in [-0.3, -0.25) is 14.4 Å². The second-order valence-corrected chi connectivity index (χ2v) is 9.73. The predicted octanol–water partition coefficient (Wildman–Crippen LogP) is 3.29. The third-order valence-corrected chi connectivity index (χ3v) is 7.44. The highest BCUT2D eigenvalue weighted by atomic mass is 16.5. The third-order valence-electron chi connectivity index (χ3n) is 7.44. The zero-order valence-electron chi connectivity index (χ0n) is 21.5. The molecule has 2 aliphatic heterocycles. The van der Waals surface area contributed by atoms with Crippen LogP contribution in [-0.4, -0.2) is 66.5 Å². The molecular formula is C30H32N4O4. The number of nitrogens with zero attached hydrogens (tertiary/aromatic N) is 3. The quantitative estimate of drug-likeness (QED) is 0.526. The molecular weight excluding hydrogens is 480 g/mol. The molecule has 0 aromatic heterocycles. The maximum absolute atomic E-state index is 13.9. The molecule has 2 saturated heterocycles. The maximum atomic E-state index is 13.9. The molecule has 0 radical (unpaired) electrons. The van der Waals surface area contributed by atoms with Gasteiger partial charge in [0.1, 0.15) is 17.8 Å². The van der Waals surface area contributed by atoms with Gasteiger partial charge in [-0.05, 0) is 48.7 Å². The van der Waals surface area contributed by atoms with Gasteiger partial charge in [-0.25, -0.2) is 0 Å². The third kappa shape index (κ3) is 5.07. The molecule has 1 N–H and O–H groups in total. The normalized spacial score (nSPS) is 16.6. The number of hydrogen-bond donors (Lipinski definition) is 1. The number of nitrogens with one attached hydrogen (secondary N) is 1. The average molecular weight is 513 g/mol. The van der Waals surface area contributed by atoms with Gasteiger partial charge < -0.3 is 24.8 Å². The van der Waals surface area contributed by atoms with Crippen LogP contribution in [0.2, 0.25) is 0 Å². The molecule has 0 saturated carbocycles. The van der Waals surface area contributed by atoms with E-state index in [-0.39, 0.29) is 24.3 Å². The largest absolute Gasteiger partial charge is 0.497 e. The first kappa shape index (κ1) is 25.3. The Kier molecular flexibility index (Phi) is 7.31. The molecule has 5 rings (SSSR count). The summed E-state index contributed by atoms with van der Waals surface area (Å²) < 4.78 is 5.27. The zero-order chi connectivity index (χ0) is 26.5. The van der Waals surface area contributed by atoms with Gasteiger partial charge >= 0.3 is 0 Å². The number of carbonyl (C=O) groups excluding carboxylic acids is 3. The van der Waals surface area contributed by atoms with E-state index >= 15 is 0 Å². The second kappa shape index (κ2) is 11.0. The summed E-state index contributed by atoms with van der Waals surface area (Å²) in [5, 5.41) is 2.93. The lowest BCUT2D eigenvalue weighted by atomic mass is 9.85. The van der Waals surface area contributed by atoms with Gasteiger partial charge in [-0.2, -0.15) is 0 Å². The molecule has 0 unspecified atom stereocenters. The van der Waals surface area contributed by atoms with Gasteiger partial charge in [0.15, 0.2) is 0 Å². The van der Waals surface area contributed by atoms with Crippen molar-refractivity contribution in [3.8, 4) is 5.75 Å². The van der Waals surface area contributed by atoms with Crippen molar-refractivity contribution in [1.29, 1.82) is 0 Å². The molecule has 2 fully saturated rings. The van der Waals surface area contributed by atoms with Crippen molar-refractivity contribution in [2.24, 2.45) is 0 Å². The lowest BCUT2D eigenvalue weighted by Crippen LogP contribution is -2.57. The number of benzene rings is 3. The summed E-state index contributed by atoms with van der Waals surface area (Å²) in [6, 6.07) is 26.6. The minimum atomic E-state index is -0.799. The SMILES string of the molecule is COc1cccc(C(=O)N2CCC3(CC2)C(=O)N(CC(=O)NCc2ccccc2)CN3c2ccccc2)c1. The standard InChI is InChI=1S/C30H32N4O4/c1-38-26-14-8-11-24(19-26)28(36)32-17-15-30(16-18-32)29(37)33(22-34(30)25-12-6-3-7-13-25)21-27(35)31-20-23-9-4-2-5-10-23/h2-14,19H,15-18,20-22H2,1H3,(H,31,35). The smallest absolute Gasteiger partial charge is 0.253 e. The summed E-state index contributed by atoms with van der Waals surface area (Å²) in [4.78, 5) is 45.4. The van der Waals surface area contributed by atoms with Crippen LogP contribution in [0.25, 0.3) is 0 Å². The van der Waals surface area contributed by atoms with Crippen molar-refractivity contribution in [2.45, 2.75) is 24.9 Å². The van der Waals surface area contributed by atoms with Gasteiger partial charge in [0.05, 0.1) is 13.8 Å². The molecule has 2 aliphatic rings. The van der Waals surface area contributed by atoms with Crippen LogP contribution in [0.15, 0.2) is 84.9 Å². The van der Waals surface area contributed by atoms with E-state index in [2.05, 4.69) is 10.2 Å². The molecule has 196 valence electrons. The number of hydrogen-bond acceptors (Lipinski definition) is 5. The van der Waals surface area contributed by atoms with Crippen LogP contribution in [0, 0.1) is 0 Å². The molecule has 8 nitrogen and oxygen atoms in total. The molecule has 38 heavy (non-hydrogen) atoms. The fourth-order valence-electron chi connectivity index (χ4n) is 5.37. The Balaban J connectivity index is 1.30. The summed E-state index contributed by atoms with van der Waals surface area (Å²) in [5.74, 6) is 0.293. The van der Waals surface area contributed by atoms with Gasteiger partial charge in [0.2, 0.25) is 5.91 Å². The van der Waals surface area contributed by atoms with Crippen molar-refractivity contribution < 1.29 is 19.1 Å². The number of amides is 3. The summed E-state index contributed by atoms with van der Waals surface area (Å²) in [6.07, 6.45) is 0.969. The van der Waals surface area contributed by atoms with Gasteiger partial charge in [-0.1, -0.05) is 54.6 Å². The topological polar surface area (TPSA) is 82.2 Å². The van der Waals surface area contributed by atoms with E-state index < -0.39 is 5.54 Å². The van der Waals surface area contributed by atoms with E-state index in [0.29, 0.717) is 50.5 Å². The highest BCUT2D eigenvalue weighted by molar-refractivity contribution is 5.98. The number of ether oxygens (including phenoxy) is 1. The maximum Gasteiger partial charge on any atom is 0.253 e. The van der Waals surface area contributed by atoms with Crippen LogP contribution in [0.3, 0.4) is 0 Å². The van der Waals surface area contributed by atoms with Gasteiger partial charge in [0.25, 0.3) is 11.8 Å². The monoisotopic (exact) mass is 512 g/mol. The summed E-state index contributed by atoms with van der Waals surface area (Å²) in [6.45, 7) is 1.61. The number of anilines is 1. The first-order valence-corrected chi connectivity index (χ1v) is 12.9. The Hall–Kier alpha value is -4.33. The predicted molar refractivity (Wildman–Crippen MR) is 145 cm³/mol. The fourth-order valence-corrected chi connectivity index (χ4v) is 5.37. The molecule has 0 aliphatic carbocycles. The van der Waals surface area contributed by atoms with E-state index in [1.165, 1.54) is 0 Å². The van der Waals surface area contributed by atoms with Gasteiger partial charge in [0, 0.05) is 30.9 Å². The molecule has 0 atom stereocenters. The fraction of sp³-hybridized carbons (Fsp3) is 0.300. The molecule has 2 heterocycles. The van der Waals surface area contributed by atoms with Crippen LogP contribution in [0.5, 0.6) is 5.75 Å². The number of carbonyl (C=O) groups is 3. The molecule has 8 heteroatoms. The van der Waals surface area contributed by atoms with E-state index in [4.69, 9.17) is 4.74 Å². The Morgan fingerprint density at radius 2 is 1.61 bits per heavy atom. The van der Waals surface area contributed by atoms with Crippen LogP contribution in [0.4, 0.5) is 5.69 Å². The highest BCUT2D eigenvalue weighted by Gasteiger charge is 2.54. The first-order valence-electron chi connectivity index (χ1n) is 12.9. The first-order chi connectivity index (χ1) is 18.5. The number of para-hydroxylation sites is 1. The van der Waals surface area contributed by atoms with E-state index in [1.54, 1.807) is 35.1 Å². The van der Waals surface area contributed by atoms with Crippen LogP contribution < -0.4 is 15.0 Å². The number of piperidine rings is 1. The van der Waals surface area contributed by atoms with Crippen molar-refractivity contribution in [1.82, 2.24) is 15.1 Å². The Morgan fingerprint density at radius 3 is 2.29 bits per heavy atom. The van der Waals surface area contributed by atoms with E-state index in [9.17, 15) is 14.4 Å². The average Bonchev–Trinajstić information content (AvgIpc) is 3.23. The number of likely N-dealkylation sites (tertiary alicyclic amines) is 1. The molecule has 1 spiro atoms. The van der Waals surface area contributed by atoms with Crippen molar-refractivity contribution in [3.05, 3.63) is 96.1 Å². The van der Waals surface area contributed by atoms with Crippen LogP contribution >= 0.6 is 0 Å². The minimum Gasteiger partial charge on any atom is -0.497 e. The van der Waals surface area contributed by atoms with Crippen molar-refractivity contribution in [2.75, 3.05) is 38.3 Å². The highest BCUT2D eigenvalue weighted by Crippen LogP contribution is 2.39. The van der Waals surface area contributed by atoms with Crippen LogP contribution in [-0.2, 0) is 16.1 Å². The number of rotatable bonds is 7. The minimum absolute atomic E-state index is 0.0107. The van der Waals surface area contributed by atoms with Crippen molar-refractivity contribution in [3.63, 3.8) is 0 Å². The molecule has 0 bridgehead atoms. The Bertz CT molecular complexity index is 1290. The van der Waals surface area contributed by atoms with Crippen molar-refractivity contribution >= 4 is 23.4 Å². The summed E-state index contributed by atoms with van der Waals surface area (Å²) in [5.41, 5.74) is 1.70. The summed E-state index contributed by atoms with van der Waals surface area (Å²) in [7, 11) is 1.58. The van der Waals surface area contributed by atoms with Gasteiger partial charge in [-0.15, -0.1) is 0 Å². The zero-order valence-corrected chi connectivity index (χ0v) is 21.5. The van der Waals surface area contributed by atoms with E-state index in [1.807, 2.05) is 66.7 Å². The van der Waals surface area contributed by atoms with E-state index in [0.717, 1.165) is 11.3 Å². The summed E-state index contributed by atoms with van der Waals surface area (Å²) >= 11 is 0. The number of methoxy groups -OCH3 is 1.